The van der Waals surface area contributed by atoms with E-state index < -0.39 is 0 Å². The Balaban J connectivity index is 1.67. The smallest absolute Gasteiger partial charge is 0.410 e. The second-order valence-electron chi connectivity index (χ2n) is 7.66. The lowest BCUT2D eigenvalue weighted by molar-refractivity contribution is 0.0751. The number of piperazine rings is 1. The second kappa shape index (κ2) is 8.17. The minimum absolute atomic E-state index is 0.114. The van der Waals surface area contributed by atoms with E-state index in [1.807, 2.05) is 51.8 Å². The Morgan fingerprint density at radius 2 is 2.07 bits per heavy atom. The van der Waals surface area contributed by atoms with E-state index in [-0.39, 0.29) is 12.2 Å². The van der Waals surface area contributed by atoms with Gasteiger partial charge in [0.05, 0.1) is 29.1 Å². The molecule has 4 heterocycles. The number of H-pyrrole nitrogens is 1. The first-order valence-electron chi connectivity index (χ1n) is 10.1. The lowest BCUT2D eigenvalue weighted by Crippen LogP contribution is -2.49. The van der Waals surface area contributed by atoms with Crippen molar-refractivity contribution in [1.82, 2.24) is 24.6 Å². The second-order valence-corrected chi connectivity index (χ2v) is 7.66. The van der Waals surface area contributed by atoms with Gasteiger partial charge < -0.3 is 19.5 Å². The fourth-order valence-electron chi connectivity index (χ4n) is 3.83. The molecule has 1 aliphatic heterocycles. The van der Waals surface area contributed by atoms with Gasteiger partial charge >= 0.3 is 6.09 Å². The van der Waals surface area contributed by atoms with Gasteiger partial charge in [-0.3, -0.25) is 9.67 Å². The first kappa shape index (κ1) is 19.9. The first-order valence-corrected chi connectivity index (χ1v) is 10.1. The summed E-state index contributed by atoms with van der Waals surface area (Å²) in [5, 5.41) is 5.32. The van der Waals surface area contributed by atoms with Crippen LogP contribution in [-0.4, -0.2) is 76.3 Å². The number of carbonyl (C=O) groups excluding carboxylic acids is 1. The van der Waals surface area contributed by atoms with Crippen LogP contribution in [0.1, 0.15) is 19.4 Å². The standard InChI is InChI=1S/C21H27N7O2/c1-14(2)30-21(29)28-9-7-27(8-10-28)17-5-6-23-20-18(17)16(12-22-3)19(25-20)15-11-24-26(4)13-15/h5-6,11-14H,7-10H2,1-4H3,(H,23,25)/b22-12+. The maximum atomic E-state index is 12.2. The molecule has 158 valence electrons. The highest BCUT2D eigenvalue weighted by Gasteiger charge is 2.26. The van der Waals surface area contributed by atoms with E-state index in [1.165, 1.54) is 0 Å². The number of amides is 1. The summed E-state index contributed by atoms with van der Waals surface area (Å²) in [7, 11) is 3.66. The molecule has 9 heteroatoms. The van der Waals surface area contributed by atoms with E-state index in [0.29, 0.717) is 13.1 Å². The number of aromatic nitrogens is 4. The summed E-state index contributed by atoms with van der Waals surface area (Å²) in [6.07, 6.45) is 7.11. The summed E-state index contributed by atoms with van der Waals surface area (Å²) in [5.41, 5.74) is 4.81. The van der Waals surface area contributed by atoms with Crippen LogP contribution in [0, 0.1) is 0 Å². The summed E-state index contributed by atoms with van der Waals surface area (Å²) < 4.78 is 7.11. The number of aryl methyl sites for hydroxylation is 1. The number of hydrogen-bond donors (Lipinski definition) is 1. The van der Waals surface area contributed by atoms with Gasteiger partial charge in [-0.15, -0.1) is 0 Å². The van der Waals surface area contributed by atoms with Crippen LogP contribution in [0.25, 0.3) is 22.3 Å². The first-order chi connectivity index (χ1) is 14.5. The molecular weight excluding hydrogens is 382 g/mol. The maximum Gasteiger partial charge on any atom is 0.410 e. The van der Waals surface area contributed by atoms with Crippen LogP contribution >= 0.6 is 0 Å². The molecule has 0 radical (unpaired) electrons. The van der Waals surface area contributed by atoms with Crippen LogP contribution < -0.4 is 4.90 Å². The highest BCUT2D eigenvalue weighted by Crippen LogP contribution is 2.34. The highest BCUT2D eigenvalue weighted by molar-refractivity contribution is 6.10. The largest absolute Gasteiger partial charge is 0.447 e. The Hall–Kier alpha value is -3.36. The van der Waals surface area contributed by atoms with E-state index in [9.17, 15) is 4.79 Å². The topological polar surface area (TPSA) is 91.6 Å². The molecule has 0 unspecified atom stereocenters. The van der Waals surface area contributed by atoms with Gasteiger partial charge in [-0.1, -0.05) is 0 Å². The average molecular weight is 409 g/mol. The number of pyridine rings is 1. The van der Waals surface area contributed by atoms with Gasteiger partial charge in [0.2, 0.25) is 0 Å². The number of rotatable bonds is 4. The Kier molecular flexibility index (Phi) is 5.43. The van der Waals surface area contributed by atoms with Crippen molar-refractivity contribution >= 4 is 29.0 Å². The van der Waals surface area contributed by atoms with Crippen molar-refractivity contribution in [2.75, 3.05) is 38.1 Å². The van der Waals surface area contributed by atoms with E-state index in [4.69, 9.17) is 4.74 Å². The number of aromatic amines is 1. The zero-order valence-corrected chi connectivity index (χ0v) is 17.8. The zero-order valence-electron chi connectivity index (χ0n) is 17.8. The van der Waals surface area contributed by atoms with E-state index in [1.54, 1.807) is 16.6 Å². The molecule has 0 saturated carbocycles. The number of carbonyl (C=O) groups is 1. The minimum Gasteiger partial charge on any atom is -0.447 e. The third kappa shape index (κ3) is 3.74. The number of ether oxygens (including phenoxy) is 1. The number of hydrogen-bond acceptors (Lipinski definition) is 6. The summed E-state index contributed by atoms with van der Waals surface area (Å²) in [5.74, 6) is 0. The highest BCUT2D eigenvalue weighted by atomic mass is 16.6. The van der Waals surface area contributed by atoms with Gasteiger partial charge in [-0.2, -0.15) is 5.10 Å². The van der Waals surface area contributed by atoms with Gasteiger partial charge in [0.25, 0.3) is 0 Å². The number of nitrogens with one attached hydrogen (secondary N) is 1. The Bertz CT molecular complexity index is 1070. The molecule has 0 atom stereocenters. The fourth-order valence-corrected chi connectivity index (χ4v) is 3.83. The fraction of sp³-hybridized carbons (Fsp3) is 0.429. The van der Waals surface area contributed by atoms with Crippen molar-refractivity contribution in [3.8, 4) is 11.3 Å². The zero-order chi connectivity index (χ0) is 21.3. The molecule has 1 saturated heterocycles. The van der Waals surface area contributed by atoms with Crippen molar-refractivity contribution in [2.24, 2.45) is 12.0 Å². The molecule has 4 rings (SSSR count). The maximum absolute atomic E-state index is 12.2. The summed E-state index contributed by atoms with van der Waals surface area (Å²) >= 11 is 0. The van der Waals surface area contributed by atoms with Crippen LogP contribution in [0.4, 0.5) is 10.5 Å². The van der Waals surface area contributed by atoms with Crippen LogP contribution in [0.3, 0.4) is 0 Å². The molecule has 9 nitrogen and oxygen atoms in total. The molecule has 3 aromatic heterocycles. The molecule has 30 heavy (non-hydrogen) atoms. The Morgan fingerprint density at radius 1 is 1.30 bits per heavy atom. The van der Waals surface area contributed by atoms with Crippen molar-refractivity contribution in [3.63, 3.8) is 0 Å². The summed E-state index contributed by atoms with van der Waals surface area (Å²) in [4.78, 5) is 28.5. The number of nitrogens with zero attached hydrogens (tertiary/aromatic N) is 6. The SMILES string of the molecule is C/N=C/c1c(-c2cnn(C)c2)[nH]c2nccc(N3CCN(C(=O)OC(C)C)CC3)c12. The van der Waals surface area contributed by atoms with Crippen LogP contribution in [0.15, 0.2) is 29.6 Å². The van der Waals surface area contributed by atoms with Crippen molar-refractivity contribution in [3.05, 3.63) is 30.2 Å². The third-order valence-electron chi connectivity index (χ3n) is 5.18. The van der Waals surface area contributed by atoms with Gasteiger partial charge in [0.15, 0.2) is 0 Å². The lowest BCUT2D eigenvalue weighted by Gasteiger charge is -2.36. The van der Waals surface area contributed by atoms with Crippen LogP contribution in [-0.2, 0) is 11.8 Å². The van der Waals surface area contributed by atoms with Gasteiger partial charge in [0, 0.05) is 70.0 Å². The predicted octanol–water partition coefficient (Wildman–Crippen LogP) is 2.68. The van der Waals surface area contributed by atoms with E-state index in [2.05, 4.69) is 25.0 Å². The van der Waals surface area contributed by atoms with Crippen LogP contribution in [0.2, 0.25) is 0 Å². The normalized spacial score (nSPS) is 15.0. The quantitative estimate of drug-likeness (QED) is 0.669. The average Bonchev–Trinajstić information content (AvgIpc) is 3.31. The molecule has 1 aliphatic rings. The summed E-state index contributed by atoms with van der Waals surface area (Å²) in [6.45, 7) is 6.42. The van der Waals surface area contributed by atoms with Gasteiger partial charge in [-0.05, 0) is 19.9 Å². The summed E-state index contributed by atoms with van der Waals surface area (Å²) in [6, 6.07) is 2.03. The van der Waals surface area contributed by atoms with Crippen molar-refractivity contribution in [2.45, 2.75) is 20.0 Å². The number of anilines is 1. The van der Waals surface area contributed by atoms with Gasteiger partial charge in [-0.25, -0.2) is 9.78 Å². The Morgan fingerprint density at radius 3 is 2.70 bits per heavy atom. The van der Waals surface area contributed by atoms with E-state index >= 15 is 0 Å². The van der Waals surface area contributed by atoms with Crippen molar-refractivity contribution < 1.29 is 9.53 Å². The molecule has 0 spiro atoms. The van der Waals surface area contributed by atoms with Crippen LogP contribution in [0.5, 0.6) is 0 Å². The van der Waals surface area contributed by atoms with Crippen molar-refractivity contribution in [1.29, 1.82) is 0 Å². The Labute approximate surface area is 175 Å². The molecule has 0 aliphatic carbocycles. The van der Waals surface area contributed by atoms with Gasteiger partial charge in [0.1, 0.15) is 5.65 Å². The van der Waals surface area contributed by atoms with E-state index in [0.717, 1.165) is 46.6 Å². The molecule has 0 bridgehead atoms. The molecule has 1 amide bonds. The monoisotopic (exact) mass is 409 g/mol. The third-order valence-corrected chi connectivity index (χ3v) is 5.18. The molecule has 1 N–H and O–H groups in total. The predicted molar refractivity (Wildman–Crippen MR) is 117 cm³/mol. The molecule has 0 aromatic carbocycles. The molecule has 3 aromatic rings. The molecule has 1 fully saturated rings. The minimum atomic E-state index is -0.246. The number of aliphatic imine (C=N–C) groups is 1. The lowest BCUT2D eigenvalue weighted by atomic mass is 10.1. The number of fused-ring (bicyclic) bond motifs is 1. The molecular formula is C21H27N7O2.